The van der Waals surface area contributed by atoms with Crippen molar-refractivity contribution in [3.63, 3.8) is 0 Å². The van der Waals surface area contributed by atoms with E-state index in [0.717, 1.165) is 32.6 Å². The first-order chi connectivity index (χ1) is 10.8. The molecule has 0 saturated carbocycles. The van der Waals surface area contributed by atoms with Gasteiger partial charge in [-0.15, -0.1) is 0 Å². The van der Waals surface area contributed by atoms with Crippen molar-refractivity contribution in [3.8, 4) is 0 Å². The van der Waals surface area contributed by atoms with E-state index >= 15 is 0 Å². The van der Waals surface area contributed by atoms with E-state index < -0.39 is 21.2 Å². The lowest BCUT2D eigenvalue weighted by atomic mass is 10.0. The Morgan fingerprint density at radius 3 is 2.74 bits per heavy atom. The lowest BCUT2D eigenvalue weighted by Crippen LogP contribution is -2.37. The molecule has 1 aromatic heterocycles. The van der Waals surface area contributed by atoms with E-state index in [1.165, 1.54) is 6.20 Å². The second-order valence-corrected chi connectivity index (χ2v) is 8.18. The number of carbonyl (C=O) groups is 1. The van der Waals surface area contributed by atoms with Gasteiger partial charge < -0.3 is 4.74 Å². The Labute approximate surface area is 137 Å². The zero-order valence-electron chi connectivity index (χ0n) is 13.9. The standard InChI is InChI=1S/C15H25N3O4S/c1-4-11(2)23(20,21)17-15(19)14-9-16-18(12(14)3)10-13-5-7-22-8-6-13/h9,11,13H,4-8,10H2,1-3H3,(H,17,19). The molecule has 1 aliphatic heterocycles. The van der Waals surface area contributed by atoms with Crippen LogP contribution in [0.5, 0.6) is 0 Å². The van der Waals surface area contributed by atoms with Gasteiger partial charge in [0.05, 0.1) is 17.0 Å². The van der Waals surface area contributed by atoms with Gasteiger partial charge in [-0.2, -0.15) is 5.10 Å². The van der Waals surface area contributed by atoms with Crippen LogP contribution in [0.2, 0.25) is 0 Å². The molecule has 1 unspecified atom stereocenters. The Hall–Kier alpha value is -1.41. The minimum Gasteiger partial charge on any atom is -0.381 e. The van der Waals surface area contributed by atoms with Crippen LogP contribution in [0.4, 0.5) is 0 Å². The van der Waals surface area contributed by atoms with Crippen molar-refractivity contribution in [1.29, 1.82) is 0 Å². The van der Waals surface area contributed by atoms with Gasteiger partial charge >= 0.3 is 0 Å². The molecule has 1 aromatic rings. The molecule has 2 heterocycles. The smallest absolute Gasteiger partial charge is 0.268 e. The van der Waals surface area contributed by atoms with Gasteiger partial charge in [0.15, 0.2) is 0 Å². The third-order valence-electron chi connectivity index (χ3n) is 4.46. The predicted octanol–water partition coefficient (Wildman–Crippen LogP) is 1.48. The molecule has 1 N–H and O–H groups in total. The summed E-state index contributed by atoms with van der Waals surface area (Å²) < 4.78 is 33.3. The number of carbonyl (C=O) groups excluding carboxylic acids is 1. The molecule has 1 atom stereocenters. The molecule has 1 saturated heterocycles. The minimum absolute atomic E-state index is 0.309. The van der Waals surface area contributed by atoms with Gasteiger partial charge in [0.2, 0.25) is 10.0 Å². The van der Waals surface area contributed by atoms with Crippen LogP contribution >= 0.6 is 0 Å². The topological polar surface area (TPSA) is 90.3 Å². The monoisotopic (exact) mass is 343 g/mol. The molecule has 130 valence electrons. The van der Waals surface area contributed by atoms with Crippen molar-refractivity contribution in [1.82, 2.24) is 14.5 Å². The van der Waals surface area contributed by atoms with Gasteiger partial charge in [0, 0.05) is 25.5 Å². The average Bonchev–Trinajstić information content (AvgIpc) is 2.88. The number of sulfonamides is 1. The Balaban J connectivity index is 2.07. The number of nitrogens with zero attached hydrogens (tertiary/aromatic N) is 2. The highest BCUT2D eigenvalue weighted by molar-refractivity contribution is 7.90. The van der Waals surface area contributed by atoms with E-state index in [-0.39, 0.29) is 0 Å². The Morgan fingerprint density at radius 1 is 1.48 bits per heavy atom. The summed E-state index contributed by atoms with van der Waals surface area (Å²) in [6, 6.07) is 0. The molecule has 7 nitrogen and oxygen atoms in total. The fourth-order valence-electron chi connectivity index (χ4n) is 2.53. The third kappa shape index (κ3) is 4.32. The molecule has 2 rings (SSSR count). The van der Waals surface area contributed by atoms with Crippen molar-refractivity contribution in [2.24, 2.45) is 5.92 Å². The first-order valence-corrected chi connectivity index (χ1v) is 9.56. The highest BCUT2D eigenvalue weighted by atomic mass is 32.2. The lowest BCUT2D eigenvalue weighted by Gasteiger charge is -2.22. The molecule has 1 fully saturated rings. The second-order valence-electron chi connectivity index (χ2n) is 6.08. The quantitative estimate of drug-likeness (QED) is 0.845. The van der Waals surface area contributed by atoms with Crippen molar-refractivity contribution in [3.05, 3.63) is 17.5 Å². The Kier molecular flexibility index (Phi) is 5.80. The molecule has 0 bridgehead atoms. The van der Waals surface area contributed by atoms with Crippen LogP contribution in [0.1, 0.15) is 49.2 Å². The van der Waals surface area contributed by atoms with Gasteiger partial charge in [-0.05, 0) is 39.0 Å². The SMILES string of the molecule is CCC(C)S(=O)(=O)NC(=O)c1cnn(CC2CCOCC2)c1C. The van der Waals surface area contributed by atoms with E-state index in [4.69, 9.17) is 4.74 Å². The summed E-state index contributed by atoms with van der Waals surface area (Å²) in [5, 5.41) is 3.64. The van der Waals surface area contributed by atoms with Gasteiger partial charge in [-0.25, -0.2) is 13.1 Å². The number of ether oxygens (including phenoxy) is 1. The largest absolute Gasteiger partial charge is 0.381 e. The van der Waals surface area contributed by atoms with E-state index in [2.05, 4.69) is 9.82 Å². The molecule has 0 aliphatic carbocycles. The summed E-state index contributed by atoms with van der Waals surface area (Å²) in [6.45, 7) is 7.37. The predicted molar refractivity (Wildman–Crippen MR) is 86.6 cm³/mol. The maximum atomic E-state index is 12.2. The van der Waals surface area contributed by atoms with Crippen LogP contribution in [0.3, 0.4) is 0 Å². The minimum atomic E-state index is -3.65. The summed E-state index contributed by atoms with van der Waals surface area (Å²) >= 11 is 0. The molecular formula is C15H25N3O4S. The second kappa shape index (κ2) is 7.44. The molecule has 8 heteroatoms. The van der Waals surface area contributed by atoms with E-state index in [1.54, 1.807) is 25.5 Å². The average molecular weight is 343 g/mol. The normalized spacial score (nSPS) is 17.9. The lowest BCUT2D eigenvalue weighted by molar-refractivity contribution is 0.0599. The fourth-order valence-corrected chi connectivity index (χ4v) is 3.54. The van der Waals surface area contributed by atoms with Crippen LogP contribution in [0.15, 0.2) is 6.20 Å². The van der Waals surface area contributed by atoms with Crippen LogP contribution in [0.25, 0.3) is 0 Å². The van der Waals surface area contributed by atoms with Crippen molar-refractivity contribution < 1.29 is 17.9 Å². The molecule has 23 heavy (non-hydrogen) atoms. The number of aromatic nitrogens is 2. The summed E-state index contributed by atoms with van der Waals surface area (Å²) in [6.07, 6.45) is 3.84. The molecule has 1 aliphatic rings. The zero-order valence-corrected chi connectivity index (χ0v) is 14.7. The van der Waals surface area contributed by atoms with Crippen LogP contribution in [-0.2, 0) is 21.3 Å². The number of nitrogens with one attached hydrogen (secondary N) is 1. The summed E-state index contributed by atoms with van der Waals surface area (Å²) in [5.74, 6) is -0.136. The van der Waals surface area contributed by atoms with E-state index in [9.17, 15) is 13.2 Å². The number of amides is 1. The molecule has 0 spiro atoms. The van der Waals surface area contributed by atoms with Crippen LogP contribution in [0, 0.1) is 12.8 Å². The fraction of sp³-hybridized carbons (Fsp3) is 0.733. The van der Waals surface area contributed by atoms with Crippen molar-refractivity contribution in [2.45, 2.75) is 51.8 Å². The first kappa shape index (κ1) is 17.9. The maximum Gasteiger partial charge on any atom is 0.268 e. The summed E-state index contributed by atoms with van der Waals surface area (Å²) in [4.78, 5) is 12.2. The Morgan fingerprint density at radius 2 is 2.13 bits per heavy atom. The summed E-state index contributed by atoms with van der Waals surface area (Å²) in [5.41, 5.74) is 0.997. The maximum absolute atomic E-state index is 12.2. The first-order valence-electron chi connectivity index (χ1n) is 8.01. The van der Waals surface area contributed by atoms with Gasteiger partial charge in [0.25, 0.3) is 5.91 Å². The van der Waals surface area contributed by atoms with Crippen LogP contribution in [-0.4, -0.2) is 42.6 Å². The van der Waals surface area contributed by atoms with Gasteiger partial charge in [0.1, 0.15) is 0 Å². The molecule has 0 aromatic carbocycles. The van der Waals surface area contributed by atoms with E-state index in [0.29, 0.717) is 23.6 Å². The summed E-state index contributed by atoms with van der Waals surface area (Å²) in [7, 11) is -3.65. The molecular weight excluding hydrogens is 318 g/mol. The van der Waals surface area contributed by atoms with Gasteiger partial charge in [-0.3, -0.25) is 9.48 Å². The zero-order chi connectivity index (χ0) is 17.0. The van der Waals surface area contributed by atoms with Crippen molar-refractivity contribution >= 4 is 15.9 Å². The Bertz CT molecular complexity index is 648. The van der Waals surface area contributed by atoms with Crippen molar-refractivity contribution in [2.75, 3.05) is 13.2 Å². The highest BCUT2D eigenvalue weighted by Crippen LogP contribution is 2.18. The number of rotatable bonds is 6. The van der Waals surface area contributed by atoms with E-state index in [1.807, 2.05) is 0 Å². The van der Waals surface area contributed by atoms with Gasteiger partial charge in [-0.1, -0.05) is 6.92 Å². The third-order valence-corrected chi connectivity index (χ3v) is 6.32. The molecule has 0 radical (unpaired) electrons. The highest BCUT2D eigenvalue weighted by Gasteiger charge is 2.25. The molecule has 1 amide bonds. The van der Waals surface area contributed by atoms with Crippen LogP contribution < -0.4 is 4.72 Å². The number of hydrogen-bond acceptors (Lipinski definition) is 5. The number of hydrogen-bond donors (Lipinski definition) is 1.